The molecule has 0 fully saturated rings. The third kappa shape index (κ3) is 3.26. The Labute approximate surface area is 152 Å². The number of ketones is 1. The van der Waals surface area contributed by atoms with E-state index < -0.39 is 16.4 Å². The zero-order valence-electron chi connectivity index (χ0n) is 13.9. The van der Waals surface area contributed by atoms with Crippen molar-refractivity contribution in [3.8, 4) is 0 Å². The third-order valence-corrected chi connectivity index (χ3v) is 5.24. The summed E-state index contributed by atoms with van der Waals surface area (Å²) in [7, 11) is -1.17. The van der Waals surface area contributed by atoms with E-state index in [9.17, 15) is 13.4 Å². The Morgan fingerprint density at radius 3 is 2.32 bits per heavy atom. The molecule has 0 radical (unpaired) electrons. The second-order valence-corrected chi connectivity index (χ2v) is 8.04. The maximum absolute atomic E-state index is 13.2. The van der Waals surface area contributed by atoms with Crippen LogP contribution >= 0.6 is 11.6 Å². The van der Waals surface area contributed by atoms with Crippen molar-refractivity contribution in [2.24, 2.45) is 0 Å². The normalized spacial score (nSPS) is 17.6. The van der Waals surface area contributed by atoms with Gasteiger partial charge in [0.05, 0.1) is 10.6 Å². The molecule has 2 aromatic carbocycles. The molecule has 0 N–H and O–H groups in total. The number of carbonyl (C=O) groups is 1. The molecular formula is C19H16ClFO3S. The number of halogens is 2. The van der Waals surface area contributed by atoms with Crippen LogP contribution in [-0.2, 0) is 20.3 Å². The molecule has 0 spiro atoms. The molecule has 0 amide bonds. The second-order valence-electron chi connectivity index (χ2n) is 6.25. The van der Waals surface area contributed by atoms with Gasteiger partial charge in [0.1, 0.15) is 11.6 Å². The van der Waals surface area contributed by atoms with Crippen LogP contribution < -0.4 is 0 Å². The van der Waals surface area contributed by atoms with Crippen LogP contribution in [0.1, 0.15) is 25.0 Å². The molecule has 0 saturated carbocycles. The molecule has 25 heavy (non-hydrogen) atoms. The number of benzene rings is 2. The lowest BCUT2D eigenvalue weighted by Gasteiger charge is -2.18. The quantitative estimate of drug-likeness (QED) is 0.791. The van der Waals surface area contributed by atoms with Gasteiger partial charge < -0.3 is 4.74 Å². The van der Waals surface area contributed by atoms with Crippen LogP contribution in [0.4, 0.5) is 4.39 Å². The van der Waals surface area contributed by atoms with Crippen molar-refractivity contribution >= 4 is 39.5 Å². The molecule has 1 aliphatic heterocycles. The molecule has 1 aliphatic rings. The molecule has 0 aliphatic carbocycles. The van der Waals surface area contributed by atoms with Crippen molar-refractivity contribution in [3.05, 3.63) is 64.4 Å². The van der Waals surface area contributed by atoms with Gasteiger partial charge in [-0.3, -0.25) is 9.00 Å². The number of Topliss-reactive ketones (excluding diaryl/α,β-unsaturated/α-hetero) is 1. The molecule has 6 heteroatoms. The van der Waals surface area contributed by atoms with E-state index in [1.807, 2.05) is 0 Å². The van der Waals surface area contributed by atoms with Gasteiger partial charge in [0.15, 0.2) is 5.60 Å². The lowest BCUT2D eigenvalue weighted by molar-refractivity contribution is -0.125. The highest BCUT2D eigenvalue weighted by molar-refractivity contribution is 7.84. The zero-order valence-corrected chi connectivity index (χ0v) is 15.5. The molecule has 0 aromatic heterocycles. The van der Waals surface area contributed by atoms with Gasteiger partial charge >= 0.3 is 0 Å². The number of rotatable bonds is 3. The second kappa shape index (κ2) is 6.39. The van der Waals surface area contributed by atoms with Crippen molar-refractivity contribution in [2.45, 2.75) is 24.3 Å². The predicted molar refractivity (Wildman–Crippen MR) is 97.2 cm³/mol. The summed E-state index contributed by atoms with van der Waals surface area (Å²) in [5.41, 5.74) is 0.409. The molecule has 1 unspecified atom stereocenters. The maximum atomic E-state index is 13.2. The number of carbonyl (C=O) groups excluding carboxylic acids is 1. The minimum atomic E-state index is -1.17. The van der Waals surface area contributed by atoms with Crippen LogP contribution in [0.5, 0.6) is 0 Å². The molecule has 3 nitrogen and oxygen atoms in total. The SMILES string of the molecule is CS(=O)c1ccc(C2=C(c3ccc(F)cc3)C(=O)C(C)(C)O2)c(Cl)c1. The Balaban J connectivity index is 2.20. The average molecular weight is 379 g/mol. The lowest BCUT2D eigenvalue weighted by Crippen LogP contribution is -2.29. The van der Waals surface area contributed by atoms with E-state index in [1.165, 1.54) is 24.3 Å². The molecule has 130 valence electrons. The summed E-state index contributed by atoms with van der Waals surface area (Å²) >= 11 is 6.35. The average Bonchev–Trinajstić information content (AvgIpc) is 2.78. The van der Waals surface area contributed by atoms with E-state index in [2.05, 4.69) is 0 Å². The van der Waals surface area contributed by atoms with Crippen LogP contribution in [0.3, 0.4) is 0 Å². The predicted octanol–water partition coefficient (Wildman–Crippen LogP) is 4.46. The van der Waals surface area contributed by atoms with Crippen LogP contribution in [0.2, 0.25) is 5.02 Å². The van der Waals surface area contributed by atoms with Gasteiger partial charge in [0.2, 0.25) is 5.78 Å². The fourth-order valence-corrected chi connectivity index (χ4v) is 3.56. The number of hydrogen-bond acceptors (Lipinski definition) is 3. The van der Waals surface area contributed by atoms with Crippen molar-refractivity contribution in [2.75, 3.05) is 6.26 Å². The molecule has 0 saturated heterocycles. The Bertz CT molecular complexity index is 917. The van der Waals surface area contributed by atoms with Crippen LogP contribution in [0.25, 0.3) is 11.3 Å². The zero-order chi connectivity index (χ0) is 18.4. The number of ether oxygens (including phenoxy) is 1. The van der Waals surface area contributed by atoms with Gasteiger partial charge in [0.25, 0.3) is 0 Å². The van der Waals surface area contributed by atoms with Gasteiger partial charge in [-0.15, -0.1) is 0 Å². The molecule has 0 bridgehead atoms. The molecule has 3 rings (SSSR count). The first-order chi connectivity index (χ1) is 11.7. The third-order valence-electron chi connectivity index (χ3n) is 4.01. The molecule has 1 heterocycles. The van der Waals surface area contributed by atoms with Crippen molar-refractivity contribution < 1.29 is 18.1 Å². The van der Waals surface area contributed by atoms with E-state index >= 15 is 0 Å². The van der Waals surface area contributed by atoms with E-state index in [4.69, 9.17) is 16.3 Å². The van der Waals surface area contributed by atoms with Gasteiger partial charge in [-0.1, -0.05) is 23.7 Å². The van der Waals surface area contributed by atoms with E-state index in [1.54, 1.807) is 38.3 Å². The fourth-order valence-electron chi connectivity index (χ4n) is 2.68. The first-order valence-electron chi connectivity index (χ1n) is 7.58. The van der Waals surface area contributed by atoms with E-state index in [0.29, 0.717) is 32.4 Å². The van der Waals surface area contributed by atoms with Crippen LogP contribution in [0.15, 0.2) is 47.4 Å². The lowest BCUT2D eigenvalue weighted by atomic mass is 9.92. The minimum Gasteiger partial charge on any atom is -0.478 e. The highest BCUT2D eigenvalue weighted by Crippen LogP contribution is 2.43. The largest absolute Gasteiger partial charge is 0.478 e. The van der Waals surface area contributed by atoms with Gasteiger partial charge in [0, 0.05) is 27.5 Å². The Hall–Kier alpha value is -1.98. The fraction of sp³-hybridized carbons (Fsp3) is 0.211. The monoisotopic (exact) mass is 378 g/mol. The summed E-state index contributed by atoms with van der Waals surface area (Å²) in [5.74, 6) is -0.238. The minimum absolute atomic E-state index is 0.201. The van der Waals surface area contributed by atoms with Gasteiger partial charge in [-0.05, 0) is 49.7 Å². The Morgan fingerprint density at radius 1 is 1.12 bits per heavy atom. The van der Waals surface area contributed by atoms with Crippen LogP contribution in [0, 0.1) is 5.82 Å². The highest BCUT2D eigenvalue weighted by Gasteiger charge is 2.43. The molecular weight excluding hydrogens is 363 g/mol. The smallest absolute Gasteiger partial charge is 0.210 e. The first kappa shape index (κ1) is 17.8. The highest BCUT2D eigenvalue weighted by atomic mass is 35.5. The Kier molecular flexibility index (Phi) is 4.56. The van der Waals surface area contributed by atoms with Crippen molar-refractivity contribution in [3.63, 3.8) is 0 Å². The van der Waals surface area contributed by atoms with Crippen molar-refractivity contribution in [1.82, 2.24) is 0 Å². The van der Waals surface area contributed by atoms with Crippen molar-refractivity contribution in [1.29, 1.82) is 0 Å². The topological polar surface area (TPSA) is 43.4 Å². The molecule has 2 aromatic rings. The van der Waals surface area contributed by atoms with E-state index in [-0.39, 0.29) is 11.6 Å². The van der Waals surface area contributed by atoms with Gasteiger partial charge in [-0.2, -0.15) is 0 Å². The summed E-state index contributed by atoms with van der Waals surface area (Å²) in [5, 5.41) is 0.341. The molecule has 1 atom stereocenters. The standard InChI is InChI=1S/C19H16ClFO3S/c1-19(2)18(22)16(11-4-6-12(21)7-5-11)17(24-19)14-9-8-13(25(3)23)10-15(14)20/h4-10H,1-3H3. The Morgan fingerprint density at radius 2 is 1.76 bits per heavy atom. The maximum Gasteiger partial charge on any atom is 0.210 e. The summed E-state index contributed by atoms with van der Waals surface area (Å²) in [6, 6.07) is 10.6. The van der Waals surface area contributed by atoms with E-state index in [0.717, 1.165) is 0 Å². The first-order valence-corrected chi connectivity index (χ1v) is 9.51. The summed E-state index contributed by atoms with van der Waals surface area (Å²) in [6.07, 6.45) is 1.56. The summed E-state index contributed by atoms with van der Waals surface area (Å²) < 4.78 is 30.8. The van der Waals surface area contributed by atoms with Gasteiger partial charge in [-0.25, -0.2) is 4.39 Å². The summed E-state index contributed by atoms with van der Waals surface area (Å²) in [6.45, 7) is 3.35. The summed E-state index contributed by atoms with van der Waals surface area (Å²) in [4.78, 5) is 13.4. The van der Waals surface area contributed by atoms with Crippen LogP contribution in [-0.4, -0.2) is 21.8 Å². The number of hydrogen-bond donors (Lipinski definition) is 0.